The zero-order valence-electron chi connectivity index (χ0n) is 11.2. The maximum atomic E-state index is 11.9. The minimum absolute atomic E-state index is 0.160. The van der Waals surface area contributed by atoms with Crippen LogP contribution in [0.15, 0.2) is 12.4 Å². The fourth-order valence-electron chi connectivity index (χ4n) is 2.39. The van der Waals surface area contributed by atoms with Gasteiger partial charge in [-0.25, -0.2) is 0 Å². The van der Waals surface area contributed by atoms with E-state index in [-0.39, 0.29) is 11.8 Å². The molecule has 1 aromatic rings. The van der Waals surface area contributed by atoms with Crippen LogP contribution in [0.5, 0.6) is 0 Å². The Kier molecular flexibility index (Phi) is 4.36. The molecule has 2 rings (SSSR count). The average molecular weight is 250 g/mol. The van der Waals surface area contributed by atoms with E-state index in [1.54, 1.807) is 0 Å². The van der Waals surface area contributed by atoms with Crippen LogP contribution in [0.25, 0.3) is 0 Å². The molecule has 0 radical (unpaired) electrons. The number of aromatic nitrogens is 2. The van der Waals surface area contributed by atoms with Gasteiger partial charge < -0.3 is 5.32 Å². The average Bonchev–Trinajstić information content (AvgIpc) is 2.96. The molecule has 100 valence electrons. The van der Waals surface area contributed by atoms with Gasteiger partial charge in [0, 0.05) is 38.4 Å². The van der Waals surface area contributed by atoms with Gasteiger partial charge in [0.1, 0.15) is 0 Å². The molecule has 1 N–H and O–H groups in total. The van der Waals surface area contributed by atoms with Crippen molar-refractivity contribution in [2.45, 2.75) is 26.3 Å². The largest absolute Gasteiger partial charge is 0.356 e. The van der Waals surface area contributed by atoms with E-state index in [2.05, 4.69) is 22.2 Å². The Morgan fingerprint density at radius 1 is 1.61 bits per heavy atom. The van der Waals surface area contributed by atoms with Gasteiger partial charge in [0.05, 0.1) is 12.1 Å². The number of hydrogen-bond donors (Lipinski definition) is 1. The minimum atomic E-state index is 0.160. The predicted octanol–water partition coefficient (Wildman–Crippen LogP) is 0.768. The normalized spacial score (nSPS) is 20.2. The molecule has 1 fully saturated rings. The van der Waals surface area contributed by atoms with Crippen LogP contribution in [0.3, 0.4) is 0 Å². The molecule has 1 atom stereocenters. The highest BCUT2D eigenvalue weighted by Gasteiger charge is 2.27. The van der Waals surface area contributed by atoms with Crippen molar-refractivity contribution >= 4 is 5.91 Å². The van der Waals surface area contributed by atoms with Crippen LogP contribution in [0, 0.1) is 5.92 Å². The number of likely N-dealkylation sites (tertiary alicyclic amines) is 1. The molecule has 5 heteroatoms. The molecule has 0 saturated carbocycles. The molecule has 1 saturated heterocycles. The quantitative estimate of drug-likeness (QED) is 0.839. The van der Waals surface area contributed by atoms with E-state index in [0.717, 1.165) is 39.0 Å². The number of nitrogens with one attached hydrogen (secondary N) is 1. The fraction of sp³-hybridized carbons (Fsp3) is 0.692. The van der Waals surface area contributed by atoms with Crippen LogP contribution in [0.2, 0.25) is 0 Å². The summed E-state index contributed by atoms with van der Waals surface area (Å²) in [6, 6.07) is 0. The van der Waals surface area contributed by atoms with Crippen LogP contribution in [0.4, 0.5) is 0 Å². The van der Waals surface area contributed by atoms with Crippen LogP contribution < -0.4 is 5.32 Å². The number of amides is 1. The van der Waals surface area contributed by atoms with E-state index in [1.807, 2.05) is 24.1 Å². The topological polar surface area (TPSA) is 50.2 Å². The third-order valence-corrected chi connectivity index (χ3v) is 3.36. The first-order valence-corrected chi connectivity index (χ1v) is 6.66. The van der Waals surface area contributed by atoms with Crippen molar-refractivity contribution in [3.63, 3.8) is 0 Å². The second kappa shape index (κ2) is 6.00. The summed E-state index contributed by atoms with van der Waals surface area (Å²) in [4.78, 5) is 14.2. The van der Waals surface area contributed by atoms with Crippen LogP contribution >= 0.6 is 0 Å². The molecule has 0 aromatic carbocycles. The second-order valence-corrected chi connectivity index (χ2v) is 5.03. The van der Waals surface area contributed by atoms with Gasteiger partial charge in [-0.1, -0.05) is 6.92 Å². The van der Waals surface area contributed by atoms with Gasteiger partial charge >= 0.3 is 0 Å². The lowest BCUT2D eigenvalue weighted by atomic mass is 10.1. The van der Waals surface area contributed by atoms with Gasteiger partial charge in [0.15, 0.2) is 0 Å². The lowest BCUT2D eigenvalue weighted by Crippen LogP contribution is -2.33. The number of aryl methyl sites for hydroxylation is 1. The molecule has 1 unspecified atom stereocenters. The molecule has 18 heavy (non-hydrogen) atoms. The summed E-state index contributed by atoms with van der Waals surface area (Å²) >= 11 is 0. The first kappa shape index (κ1) is 13.1. The van der Waals surface area contributed by atoms with E-state index in [4.69, 9.17) is 0 Å². The maximum Gasteiger partial charge on any atom is 0.224 e. The van der Waals surface area contributed by atoms with Gasteiger partial charge in [0.25, 0.3) is 0 Å². The van der Waals surface area contributed by atoms with Crippen LogP contribution in [0.1, 0.15) is 25.3 Å². The van der Waals surface area contributed by atoms with Crippen molar-refractivity contribution in [2.24, 2.45) is 13.0 Å². The third-order valence-electron chi connectivity index (χ3n) is 3.36. The second-order valence-electron chi connectivity index (χ2n) is 5.03. The van der Waals surface area contributed by atoms with Crippen molar-refractivity contribution in [3.05, 3.63) is 18.0 Å². The van der Waals surface area contributed by atoms with E-state index < -0.39 is 0 Å². The Morgan fingerprint density at radius 2 is 2.44 bits per heavy atom. The number of carbonyl (C=O) groups excluding carboxylic acids is 1. The number of nitrogens with zero attached hydrogens (tertiary/aromatic N) is 3. The van der Waals surface area contributed by atoms with Crippen molar-refractivity contribution in [3.8, 4) is 0 Å². The fourth-order valence-corrected chi connectivity index (χ4v) is 2.39. The highest BCUT2D eigenvalue weighted by Crippen LogP contribution is 2.18. The number of carbonyl (C=O) groups is 1. The molecule has 0 bridgehead atoms. The smallest absolute Gasteiger partial charge is 0.224 e. The molecule has 5 nitrogen and oxygen atoms in total. The Balaban J connectivity index is 1.79. The molecule has 1 aromatic heterocycles. The summed E-state index contributed by atoms with van der Waals surface area (Å²) in [5.74, 6) is 0.374. The van der Waals surface area contributed by atoms with Gasteiger partial charge in [0.2, 0.25) is 5.91 Å². The first-order valence-electron chi connectivity index (χ1n) is 6.66. The summed E-state index contributed by atoms with van der Waals surface area (Å²) in [6.45, 7) is 5.62. The summed E-state index contributed by atoms with van der Waals surface area (Å²) in [7, 11) is 1.93. The Hall–Kier alpha value is -1.36. The molecule has 1 aliphatic heterocycles. The zero-order chi connectivity index (χ0) is 13.0. The van der Waals surface area contributed by atoms with Gasteiger partial charge in [-0.05, 0) is 19.4 Å². The van der Waals surface area contributed by atoms with E-state index in [0.29, 0.717) is 0 Å². The summed E-state index contributed by atoms with van der Waals surface area (Å²) in [5.41, 5.74) is 1.21. The lowest BCUT2D eigenvalue weighted by Gasteiger charge is -2.14. The Labute approximate surface area is 108 Å². The monoisotopic (exact) mass is 250 g/mol. The molecule has 1 amide bonds. The van der Waals surface area contributed by atoms with E-state index in [1.165, 1.54) is 5.56 Å². The maximum absolute atomic E-state index is 11.9. The van der Waals surface area contributed by atoms with Gasteiger partial charge in [-0.2, -0.15) is 5.10 Å². The molecule has 1 aliphatic rings. The molecule has 0 spiro atoms. The third kappa shape index (κ3) is 3.32. The van der Waals surface area contributed by atoms with Gasteiger partial charge in [-0.3, -0.25) is 14.4 Å². The van der Waals surface area contributed by atoms with Gasteiger partial charge in [-0.15, -0.1) is 0 Å². The Morgan fingerprint density at radius 3 is 3.11 bits per heavy atom. The lowest BCUT2D eigenvalue weighted by molar-refractivity contribution is -0.124. The SMILES string of the molecule is CCCNC(=O)C1CCN(Cc2cnn(C)c2)C1. The minimum Gasteiger partial charge on any atom is -0.356 e. The summed E-state index contributed by atoms with van der Waals surface area (Å²) < 4.78 is 1.82. The first-order chi connectivity index (χ1) is 8.69. The van der Waals surface area contributed by atoms with Crippen molar-refractivity contribution in [2.75, 3.05) is 19.6 Å². The van der Waals surface area contributed by atoms with E-state index in [9.17, 15) is 4.79 Å². The molecule has 2 heterocycles. The van der Waals surface area contributed by atoms with Crippen molar-refractivity contribution < 1.29 is 4.79 Å². The summed E-state index contributed by atoms with van der Waals surface area (Å²) in [5, 5.41) is 7.14. The highest BCUT2D eigenvalue weighted by atomic mass is 16.1. The number of hydrogen-bond acceptors (Lipinski definition) is 3. The summed E-state index contributed by atoms with van der Waals surface area (Å²) in [6.07, 6.45) is 5.89. The molecule has 0 aliphatic carbocycles. The van der Waals surface area contributed by atoms with Crippen molar-refractivity contribution in [1.82, 2.24) is 20.0 Å². The highest BCUT2D eigenvalue weighted by molar-refractivity contribution is 5.79. The van der Waals surface area contributed by atoms with Crippen LogP contribution in [-0.2, 0) is 18.4 Å². The predicted molar refractivity (Wildman–Crippen MR) is 69.9 cm³/mol. The molecular formula is C13H22N4O. The van der Waals surface area contributed by atoms with Crippen molar-refractivity contribution in [1.29, 1.82) is 0 Å². The standard InChI is InChI=1S/C13H22N4O/c1-3-5-14-13(18)12-4-6-17(10-12)9-11-7-15-16(2)8-11/h7-8,12H,3-6,9-10H2,1-2H3,(H,14,18). The Bertz CT molecular complexity index is 401. The van der Waals surface area contributed by atoms with Crippen LogP contribution in [-0.4, -0.2) is 40.2 Å². The number of rotatable bonds is 5. The van der Waals surface area contributed by atoms with E-state index >= 15 is 0 Å². The zero-order valence-corrected chi connectivity index (χ0v) is 11.2. The molecular weight excluding hydrogens is 228 g/mol.